The maximum Gasteiger partial charge on any atom is 0.344 e. The van der Waals surface area contributed by atoms with Crippen LogP contribution < -0.4 is 4.74 Å². The van der Waals surface area contributed by atoms with Crippen molar-refractivity contribution >= 4 is 27.5 Å². The van der Waals surface area contributed by atoms with Gasteiger partial charge in [0.15, 0.2) is 28.8 Å². The van der Waals surface area contributed by atoms with Gasteiger partial charge in [-0.2, -0.15) is 0 Å². The Kier molecular flexibility index (Phi) is 6.95. The number of ketones is 1. The van der Waals surface area contributed by atoms with Gasteiger partial charge in [-0.1, -0.05) is 0 Å². The van der Waals surface area contributed by atoms with Crippen molar-refractivity contribution in [3.05, 3.63) is 29.8 Å². The van der Waals surface area contributed by atoms with Crippen molar-refractivity contribution in [1.29, 1.82) is 0 Å². The molecule has 1 fully saturated rings. The fraction of sp³-hybridized carbons (Fsp3) is 0.500. The predicted molar refractivity (Wildman–Crippen MR) is 97.3 cm³/mol. The Hall–Kier alpha value is -2.42. The van der Waals surface area contributed by atoms with E-state index in [1.807, 2.05) is 0 Å². The number of nitrogens with zero attached hydrogens (tertiary/aromatic N) is 1. The summed E-state index contributed by atoms with van der Waals surface area (Å²) in [6, 6.07) is 5.92. The smallest absolute Gasteiger partial charge is 0.344 e. The van der Waals surface area contributed by atoms with E-state index in [0.29, 0.717) is 24.3 Å². The van der Waals surface area contributed by atoms with E-state index in [4.69, 9.17) is 9.47 Å². The third kappa shape index (κ3) is 6.06. The summed E-state index contributed by atoms with van der Waals surface area (Å²) in [5.41, 5.74) is 0.532. The van der Waals surface area contributed by atoms with Crippen LogP contribution in [0.1, 0.15) is 30.6 Å². The summed E-state index contributed by atoms with van der Waals surface area (Å²) in [7, 11) is -3.11. The largest absolute Gasteiger partial charge is 0.482 e. The molecule has 1 atom stereocenters. The first-order valence-electron chi connectivity index (χ1n) is 8.61. The quantitative estimate of drug-likeness (QED) is 0.473. The van der Waals surface area contributed by atoms with E-state index in [2.05, 4.69) is 0 Å². The molecule has 1 aliphatic rings. The average Bonchev–Trinajstić information content (AvgIpc) is 2.98. The number of hydrogen-bond donors (Lipinski definition) is 0. The van der Waals surface area contributed by atoms with E-state index in [1.54, 1.807) is 31.2 Å². The minimum atomic E-state index is -3.11. The van der Waals surface area contributed by atoms with Gasteiger partial charge in [0.1, 0.15) is 5.75 Å². The molecule has 0 radical (unpaired) electrons. The number of Topliss-reactive ketones (excluding diaryl/α,β-unsaturated/α-hetero) is 1. The fourth-order valence-electron chi connectivity index (χ4n) is 2.85. The van der Waals surface area contributed by atoms with Gasteiger partial charge in [-0.25, -0.2) is 13.2 Å². The van der Waals surface area contributed by atoms with E-state index in [0.717, 1.165) is 0 Å². The Labute approximate surface area is 158 Å². The number of ether oxygens (including phenoxy) is 2. The molecule has 1 amide bonds. The fourth-order valence-corrected chi connectivity index (χ4v) is 4.59. The second-order valence-electron chi connectivity index (χ2n) is 6.27. The SMILES string of the molecule is CCN(C(=O)COC(=O)COc1ccc(C(C)=O)cc1)[C@H]1CCS(=O)(=O)C1. The molecule has 1 heterocycles. The molecular formula is C18H23NO7S. The van der Waals surface area contributed by atoms with Gasteiger partial charge in [0.05, 0.1) is 11.5 Å². The molecule has 1 aliphatic heterocycles. The first-order chi connectivity index (χ1) is 12.7. The standard InChI is InChI=1S/C18H23NO7S/c1-3-19(15-8-9-27(23,24)12-15)17(21)10-26-18(22)11-25-16-6-4-14(5-7-16)13(2)20/h4-7,15H,3,8-12H2,1-2H3/t15-/m0/s1. The van der Waals surface area contributed by atoms with Crippen LogP contribution in [0, 0.1) is 0 Å². The number of benzene rings is 1. The lowest BCUT2D eigenvalue weighted by Gasteiger charge is -2.26. The van der Waals surface area contributed by atoms with Gasteiger partial charge in [-0.3, -0.25) is 9.59 Å². The summed E-state index contributed by atoms with van der Waals surface area (Å²) in [5, 5.41) is 0. The van der Waals surface area contributed by atoms with Gasteiger partial charge < -0.3 is 14.4 Å². The first kappa shape index (κ1) is 20.9. The molecule has 1 aromatic rings. The van der Waals surface area contributed by atoms with Crippen LogP contribution in [0.4, 0.5) is 0 Å². The summed E-state index contributed by atoms with van der Waals surface area (Å²) in [4.78, 5) is 36.6. The Morgan fingerprint density at radius 3 is 2.33 bits per heavy atom. The van der Waals surface area contributed by atoms with Crippen molar-refractivity contribution in [1.82, 2.24) is 4.90 Å². The molecule has 0 N–H and O–H groups in total. The molecule has 9 heteroatoms. The van der Waals surface area contributed by atoms with E-state index in [-0.39, 0.29) is 29.9 Å². The van der Waals surface area contributed by atoms with Crippen molar-refractivity contribution in [2.24, 2.45) is 0 Å². The molecule has 1 saturated heterocycles. The highest BCUT2D eigenvalue weighted by Crippen LogP contribution is 2.18. The van der Waals surface area contributed by atoms with Crippen molar-refractivity contribution in [2.75, 3.05) is 31.3 Å². The van der Waals surface area contributed by atoms with Crippen LogP contribution in [0.2, 0.25) is 0 Å². The summed E-state index contributed by atoms with van der Waals surface area (Å²) in [6.07, 6.45) is 0.398. The zero-order valence-electron chi connectivity index (χ0n) is 15.3. The Balaban J connectivity index is 1.78. The second-order valence-corrected chi connectivity index (χ2v) is 8.50. The Morgan fingerprint density at radius 2 is 1.81 bits per heavy atom. The maximum atomic E-state index is 12.2. The molecule has 8 nitrogen and oxygen atoms in total. The van der Waals surface area contributed by atoms with Gasteiger partial charge in [0.2, 0.25) is 0 Å². The van der Waals surface area contributed by atoms with Crippen LogP contribution in [-0.2, 0) is 24.2 Å². The molecule has 0 bridgehead atoms. The lowest BCUT2D eigenvalue weighted by molar-refractivity contribution is -0.154. The van der Waals surface area contributed by atoms with Crippen LogP contribution in [0.15, 0.2) is 24.3 Å². The Morgan fingerprint density at radius 1 is 1.15 bits per heavy atom. The van der Waals surface area contributed by atoms with Gasteiger partial charge >= 0.3 is 5.97 Å². The number of amides is 1. The molecule has 27 heavy (non-hydrogen) atoms. The lowest BCUT2D eigenvalue weighted by Crippen LogP contribution is -2.43. The average molecular weight is 397 g/mol. The van der Waals surface area contributed by atoms with Gasteiger partial charge in [-0.05, 0) is 44.5 Å². The molecule has 0 aromatic heterocycles. The zero-order chi connectivity index (χ0) is 20.0. The number of esters is 1. The van der Waals surface area contributed by atoms with E-state index < -0.39 is 28.3 Å². The first-order valence-corrected chi connectivity index (χ1v) is 10.4. The zero-order valence-corrected chi connectivity index (χ0v) is 16.2. The van der Waals surface area contributed by atoms with Gasteiger partial charge in [-0.15, -0.1) is 0 Å². The van der Waals surface area contributed by atoms with Gasteiger partial charge in [0, 0.05) is 18.2 Å². The molecule has 0 unspecified atom stereocenters. The molecule has 0 aliphatic carbocycles. The number of sulfone groups is 1. The maximum absolute atomic E-state index is 12.2. The summed E-state index contributed by atoms with van der Waals surface area (Å²) in [5.74, 6) is -0.810. The van der Waals surface area contributed by atoms with Crippen molar-refractivity contribution in [3.8, 4) is 5.75 Å². The van der Waals surface area contributed by atoms with Gasteiger partial charge in [0.25, 0.3) is 5.91 Å². The van der Waals surface area contributed by atoms with E-state index in [9.17, 15) is 22.8 Å². The molecule has 0 spiro atoms. The van der Waals surface area contributed by atoms with Crippen molar-refractivity contribution < 1.29 is 32.3 Å². The predicted octanol–water partition coefficient (Wildman–Crippen LogP) is 0.847. The third-order valence-electron chi connectivity index (χ3n) is 4.28. The van der Waals surface area contributed by atoms with Crippen LogP contribution in [-0.4, -0.2) is 68.3 Å². The number of hydrogen-bond acceptors (Lipinski definition) is 7. The highest BCUT2D eigenvalue weighted by atomic mass is 32.2. The van der Waals surface area contributed by atoms with Crippen LogP contribution in [0.5, 0.6) is 5.75 Å². The summed E-state index contributed by atoms with van der Waals surface area (Å²) < 4.78 is 33.3. The molecule has 0 saturated carbocycles. The monoisotopic (exact) mass is 397 g/mol. The second kappa shape index (κ2) is 8.98. The summed E-state index contributed by atoms with van der Waals surface area (Å²) >= 11 is 0. The topological polar surface area (TPSA) is 107 Å². The number of likely N-dealkylation sites (N-methyl/N-ethyl adjacent to an activating group) is 1. The van der Waals surface area contributed by atoms with E-state index >= 15 is 0 Å². The van der Waals surface area contributed by atoms with E-state index in [1.165, 1.54) is 11.8 Å². The minimum absolute atomic E-state index is 0.0557. The van der Waals surface area contributed by atoms with Crippen molar-refractivity contribution in [2.45, 2.75) is 26.3 Å². The lowest BCUT2D eigenvalue weighted by atomic mass is 10.1. The Bertz CT molecular complexity index is 802. The highest BCUT2D eigenvalue weighted by Gasteiger charge is 2.34. The number of carbonyl (C=O) groups excluding carboxylic acids is 3. The molecule has 1 aromatic carbocycles. The number of rotatable bonds is 8. The van der Waals surface area contributed by atoms with Crippen LogP contribution >= 0.6 is 0 Å². The summed E-state index contributed by atoms with van der Waals surface area (Å²) in [6.45, 7) is 2.70. The molecular weight excluding hydrogens is 374 g/mol. The van der Waals surface area contributed by atoms with Crippen LogP contribution in [0.25, 0.3) is 0 Å². The highest BCUT2D eigenvalue weighted by molar-refractivity contribution is 7.91. The molecule has 148 valence electrons. The minimum Gasteiger partial charge on any atom is -0.482 e. The molecule has 2 rings (SSSR count). The van der Waals surface area contributed by atoms with Crippen LogP contribution in [0.3, 0.4) is 0 Å². The number of carbonyl (C=O) groups is 3. The van der Waals surface area contributed by atoms with Crippen molar-refractivity contribution in [3.63, 3.8) is 0 Å². The normalized spacial score (nSPS) is 17.9. The third-order valence-corrected chi connectivity index (χ3v) is 6.03.